The molecule has 0 atom stereocenters. The van der Waals surface area contributed by atoms with E-state index in [9.17, 15) is 0 Å². The molecule has 0 saturated carbocycles. The first-order chi connectivity index (χ1) is 1.41. The normalized spacial score (nSPS) is 2.00. The van der Waals surface area contributed by atoms with Crippen molar-refractivity contribution in [1.82, 2.24) is 0 Å². The van der Waals surface area contributed by atoms with E-state index in [2.05, 4.69) is 0 Å². The van der Waals surface area contributed by atoms with Crippen molar-refractivity contribution in [1.29, 1.82) is 0 Å². The molecule has 2 nitrogen and oxygen atoms in total. The van der Waals surface area contributed by atoms with Crippen molar-refractivity contribution < 1.29 is 81.9 Å². The van der Waals surface area contributed by atoms with Gasteiger partial charge in [-0.05, 0) is 6.92 Å². The SMILES string of the molecule is CCO.O.[Cl-].[Cl-].[Cl-].[Cl-].[Ti+4]. The van der Waals surface area contributed by atoms with Crippen LogP contribution >= 0.6 is 0 Å². The number of hydrogen-bond donors (Lipinski definition) is 1. The topological polar surface area (TPSA) is 51.7 Å². The van der Waals surface area contributed by atoms with Gasteiger partial charge in [0.05, 0.1) is 0 Å². The van der Waals surface area contributed by atoms with E-state index in [1.807, 2.05) is 0 Å². The molecule has 3 N–H and O–H groups in total. The van der Waals surface area contributed by atoms with Gasteiger partial charge in [-0.1, -0.05) is 0 Å². The van der Waals surface area contributed by atoms with Crippen LogP contribution in [0.2, 0.25) is 0 Å². The number of halogens is 4. The van der Waals surface area contributed by atoms with E-state index >= 15 is 0 Å². The maximum atomic E-state index is 7.57. The number of aliphatic hydroxyl groups is 1. The average Bonchev–Trinajstić information content (AvgIpc) is 0.918. The molecule has 0 fully saturated rings. The zero-order valence-corrected chi connectivity index (χ0v) is 9.25. The Morgan fingerprint density at radius 3 is 1.00 bits per heavy atom. The third kappa shape index (κ3) is 185. The first kappa shape index (κ1) is 71.9. The van der Waals surface area contributed by atoms with Crippen LogP contribution in [0.4, 0.5) is 0 Å². The van der Waals surface area contributed by atoms with Crippen molar-refractivity contribution in [2.45, 2.75) is 6.92 Å². The summed E-state index contributed by atoms with van der Waals surface area (Å²) in [5, 5.41) is 7.57. The van der Waals surface area contributed by atoms with Gasteiger partial charge in [-0.25, -0.2) is 0 Å². The van der Waals surface area contributed by atoms with Crippen molar-refractivity contribution in [2.24, 2.45) is 0 Å². The maximum absolute atomic E-state index is 7.57. The average molecular weight is 254 g/mol. The van der Waals surface area contributed by atoms with Crippen LogP contribution in [0.25, 0.3) is 0 Å². The molecule has 0 rings (SSSR count). The molecule has 0 aliphatic rings. The van der Waals surface area contributed by atoms with Crippen molar-refractivity contribution in [3.05, 3.63) is 0 Å². The minimum atomic E-state index is 0. The molecule has 9 heavy (non-hydrogen) atoms. The molecule has 0 aromatic rings. The van der Waals surface area contributed by atoms with E-state index in [4.69, 9.17) is 5.11 Å². The molecule has 0 aliphatic carbocycles. The standard InChI is InChI=1S/C2H6O.4ClH.H2O.Ti/c1-2-3;;;;;;/h3H,2H2,1H3;4*1H;1H2;/q;;;;;;+4/p-4. The summed E-state index contributed by atoms with van der Waals surface area (Å²) in [6.07, 6.45) is 0. The van der Waals surface area contributed by atoms with Gasteiger partial charge in [-0.3, -0.25) is 0 Å². The summed E-state index contributed by atoms with van der Waals surface area (Å²) in [5.41, 5.74) is 0. The predicted molar refractivity (Wildman–Crippen MR) is 16.4 cm³/mol. The summed E-state index contributed by atoms with van der Waals surface area (Å²) in [4.78, 5) is 0. The van der Waals surface area contributed by atoms with Crippen molar-refractivity contribution in [3.8, 4) is 0 Å². The van der Waals surface area contributed by atoms with Crippen LogP contribution in [0.5, 0.6) is 0 Å². The third-order valence-corrected chi connectivity index (χ3v) is 0. The Morgan fingerprint density at radius 1 is 1.00 bits per heavy atom. The molecule has 0 spiro atoms. The second-order valence-electron chi connectivity index (χ2n) is 0.316. The quantitative estimate of drug-likeness (QED) is 0.429. The molecule has 60 valence electrons. The second-order valence-corrected chi connectivity index (χ2v) is 0.316. The Labute approximate surface area is 95.0 Å². The Bertz CT molecular complexity index is 16.5. The van der Waals surface area contributed by atoms with E-state index in [0.29, 0.717) is 0 Å². The first-order valence-corrected chi connectivity index (χ1v) is 1.02. The molecule has 0 aromatic heterocycles. The molecule has 0 amide bonds. The van der Waals surface area contributed by atoms with Gasteiger partial charge in [0.25, 0.3) is 0 Å². The Balaban J connectivity index is -0.00000000133. The second kappa shape index (κ2) is 97.0. The van der Waals surface area contributed by atoms with Crippen molar-refractivity contribution >= 4 is 0 Å². The minimum Gasteiger partial charge on any atom is -1.00 e. The zero-order chi connectivity index (χ0) is 2.71. The van der Waals surface area contributed by atoms with Crippen LogP contribution in [0, 0.1) is 0 Å². The summed E-state index contributed by atoms with van der Waals surface area (Å²) < 4.78 is 0. The molecule has 0 aliphatic heterocycles. The van der Waals surface area contributed by atoms with Gasteiger partial charge >= 0.3 is 21.7 Å². The molecule has 0 heterocycles. The zero-order valence-electron chi connectivity index (χ0n) is 4.67. The van der Waals surface area contributed by atoms with Gasteiger partial charge in [0, 0.05) is 6.61 Å². The number of hydrogen-bond acceptors (Lipinski definition) is 1. The summed E-state index contributed by atoms with van der Waals surface area (Å²) in [6.45, 7) is 1.93. The fraction of sp³-hybridized carbons (Fsp3) is 1.00. The summed E-state index contributed by atoms with van der Waals surface area (Å²) in [7, 11) is 0. The maximum Gasteiger partial charge on any atom is 4.00 e. The summed E-state index contributed by atoms with van der Waals surface area (Å²) in [6, 6.07) is 0. The molecule has 0 unspecified atom stereocenters. The minimum absolute atomic E-state index is 0. The van der Waals surface area contributed by atoms with Crippen LogP contribution in [0.3, 0.4) is 0 Å². The largest absolute Gasteiger partial charge is 4.00 e. The van der Waals surface area contributed by atoms with Gasteiger partial charge in [0.2, 0.25) is 0 Å². The number of aliphatic hydroxyl groups excluding tert-OH is 1. The molecule has 0 bridgehead atoms. The van der Waals surface area contributed by atoms with Crippen LogP contribution in [0.1, 0.15) is 6.92 Å². The molecule has 0 saturated heterocycles. The molecule has 7 heteroatoms. The van der Waals surface area contributed by atoms with Crippen LogP contribution in [-0.2, 0) is 21.7 Å². The molecule has 0 radical (unpaired) electrons. The van der Waals surface area contributed by atoms with Gasteiger partial charge in [-0.15, -0.1) is 0 Å². The molecule has 0 aromatic carbocycles. The number of rotatable bonds is 0. The Kier molecular flexibility index (Phi) is 775. The molecular weight excluding hydrogens is 246 g/mol. The Morgan fingerprint density at radius 2 is 1.00 bits per heavy atom. The van der Waals surface area contributed by atoms with Crippen LogP contribution in [-0.4, -0.2) is 17.2 Å². The first-order valence-electron chi connectivity index (χ1n) is 1.02. The van der Waals surface area contributed by atoms with Crippen LogP contribution in [0.15, 0.2) is 0 Å². The smallest absolute Gasteiger partial charge is 1.00 e. The van der Waals surface area contributed by atoms with Crippen molar-refractivity contribution in [2.75, 3.05) is 6.61 Å². The van der Waals surface area contributed by atoms with Gasteiger partial charge < -0.3 is 60.2 Å². The summed E-state index contributed by atoms with van der Waals surface area (Å²) in [5.74, 6) is 0. The van der Waals surface area contributed by atoms with E-state index < -0.39 is 0 Å². The van der Waals surface area contributed by atoms with Crippen LogP contribution < -0.4 is 49.6 Å². The van der Waals surface area contributed by atoms with E-state index in [-0.39, 0.29) is 83.4 Å². The van der Waals surface area contributed by atoms with E-state index in [1.54, 1.807) is 6.92 Å². The van der Waals surface area contributed by atoms with E-state index in [0.717, 1.165) is 0 Å². The van der Waals surface area contributed by atoms with Gasteiger partial charge in [-0.2, -0.15) is 0 Å². The summed E-state index contributed by atoms with van der Waals surface area (Å²) >= 11 is 0. The molecular formula is C2H8Cl4O2Ti. The fourth-order valence-electron chi connectivity index (χ4n) is 0. The fourth-order valence-corrected chi connectivity index (χ4v) is 0. The van der Waals surface area contributed by atoms with Gasteiger partial charge in [0.1, 0.15) is 0 Å². The van der Waals surface area contributed by atoms with E-state index in [1.165, 1.54) is 0 Å². The third-order valence-electron chi connectivity index (χ3n) is 0. The monoisotopic (exact) mass is 252 g/mol. The van der Waals surface area contributed by atoms with Crippen molar-refractivity contribution in [3.63, 3.8) is 0 Å². The Hall–Kier alpha value is 1.79. The van der Waals surface area contributed by atoms with Gasteiger partial charge in [0.15, 0.2) is 0 Å². The predicted octanol–water partition coefficient (Wildman–Crippen LogP) is -12.8.